The predicted octanol–water partition coefficient (Wildman–Crippen LogP) is 4.75. The summed E-state index contributed by atoms with van der Waals surface area (Å²) in [6, 6.07) is 6.96. The molecule has 0 aliphatic carbocycles. The highest BCUT2D eigenvalue weighted by molar-refractivity contribution is 9.10. The fourth-order valence-corrected chi connectivity index (χ4v) is 2.48. The zero-order chi connectivity index (χ0) is 15.6. The molecular formula is C14H9Br2F2NO2. The van der Waals surface area contributed by atoms with Crippen molar-refractivity contribution in [3.63, 3.8) is 0 Å². The van der Waals surface area contributed by atoms with Crippen LogP contribution in [0.5, 0.6) is 5.75 Å². The fourth-order valence-electron chi connectivity index (χ4n) is 1.72. The topological polar surface area (TPSA) is 38.3 Å². The van der Waals surface area contributed by atoms with Gasteiger partial charge in [0.05, 0.1) is 12.8 Å². The van der Waals surface area contributed by atoms with Crippen LogP contribution in [0.1, 0.15) is 10.4 Å². The van der Waals surface area contributed by atoms with Crippen LogP contribution in [0.15, 0.2) is 39.3 Å². The standard InChI is InChI=1S/C14H9Br2F2NO2/c1-21-12-3-2-7(15)6-11(12)19-14(20)13-9(17)4-8(16)5-10(13)18/h2-6H,1H3,(H,19,20). The molecule has 0 radical (unpaired) electrons. The molecule has 0 spiro atoms. The number of hydrogen-bond acceptors (Lipinski definition) is 2. The number of halogens is 4. The predicted molar refractivity (Wildman–Crippen MR) is 82.7 cm³/mol. The molecule has 0 bridgehead atoms. The third-order valence-electron chi connectivity index (χ3n) is 2.64. The van der Waals surface area contributed by atoms with E-state index >= 15 is 0 Å². The molecule has 0 heterocycles. The number of carbonyl (C=O) groups excluding carboxylic acids is 1. The third-order valence-corrected chi connectivity index (χ3v) is 3.59. The first-order chi connectivity index (χ1) is 9.92. The molecule has 2 aromatic rings. The van der Waals surface area contributed by atoms with Gasteiger partial charge in [0, 0.05) is 8.95 Å². The number of nitrogens with one attached hydrogen (secondary N) is 1. The van der Waals surface area contributed by atoms with E-state index in [1.807, 2.05) is 0 Å². The number of benzene rings is 2. The average molecular weight is 421 g/mol. The van der Waals surface area contributed by atoms with E-state index in [9.17, 15) is 13.6 Å². The van der Waals surface area contributed by atoms with Crippen LogP contribution in [0.2, 0.25) is 0 Å². The summed E-state index contributed by atoms with van der Waals surface area (Å²) in [6.45, 7) is 0. The Morgan fingerprint density at radius 1 is 1.10 bits per heavy atom. The van der Waals surface area contributed by atoms with Gasteiger partial charge in [-0.1, -0.05) is 31.9 Å². The van der Waals surface area contributed by atoms with Gasteiger partial charge in [-0.25, -0.2) is 8.78 Å². The zero-order valence-corrected chi connectivity index (χ0v) is 13.9. The number of methoxy groups -OCH3 is 1. The van der Waals surface area contributed by atoms with Crippen molar-refractivity contribution in [1.82, 2.24) is 0 Å². The fraction of sp³-hybridized carbons (Fsp3) is 0.0714. The molecule has 0 saturated heterocycles. The van der Waals surface area contributed by atoms with E-state index in [4.69, 9.17) is 4.74 Å². The first kappa shape index (κ1) is 15.9. The van der Waals surface area contributed by atoms with Crippen LogP contribution in [0.4, 0.5) is 14.5 Å². The Labute approximate surface area is 136 Å². The van der Waals surface area contributed by atoms with Crippen LogP contribution in [0.3, 0.4) is 0 Å². The van der Waals surface area contributed by atoms with Gasteiger partial charge in [-0.05, 0) is 30.3 Å². The molecule has 7 heteroatoms. The van der Waals surface area contributed by atoms with E-state index in [1.54, 1.807) is 18.2 Å². The number of ether oxygens (including phenoxy) is 1. The lowest BCUT2D eigenvalue weighted by Crippen LogP contribution is -2.16. The molecule has 0 unspecified atom stereocenters. The summed E-state index contributed by atoms with van der Waals surface area (Å²) in [5.74, 6) is -2.42. The van der Waals surface area contributed by atoms with Crippen molar-refractivity contribution in [3.8, 4) is 5.75 Å². The maximum absolute atomic E-state index is 13.8. The molecule has 0 saturated carbocycles. The molecule has 110 valence electrons. The van der Waals surface area contributed by atoms with Crippen LogP contribution >= 0.6 is 31.9 Å². The summed E-state index contributed by atoms with van der Waals surface area (Å²) in [7, 11) is 1.43. The van der Waals surface area contributed by atoms with Crippen molar-refractivity contribution in [3.05, 3.63) is 56.5 Å². The summed E-state index contributed by atoms with van der Waals surface area (Å²) >= 11 is 6.21. The van der Waals surface area contributed by atoms with E-state index in [1.165, 1.54) is 7.11 Å². The lowest BCUT2D eigenvalue weighted by atomic mass is 10.1. The summed E-state index contributed by atoms with van der Waals surface area (Å²) in [5, 5.41) is 2.43. The molecule has 2 aromatic carbocycles. The van der Waals surface area contributed by atoms with Gasteiger partial charge in [-0.15, -0.1) is 0 Å². The van der Waals surface area contributed by atoms with Crippen LogP contribution in [0, 0.1) is 11.6 Å². The van der Waals surface area contributed by atoms with Crippen LogP contribution < -0.4 is 10.1 Å². The monoisotopic (exact) mass is 419 g/mol. The van der Waals surface area contributed by atoms with Crippen molar-refractivity contribution >= 4 is 43.5 Å². The number of anilines is 1. The highest BCUT2D eigenvalue weighted by Gasteiger charge is 2.19. The Kier molecular flexibility index (Phi) is 4.95. The Hall–Kier alpha value is -1.47. The van der Waals surface area contributed by atoms with Crippen molar-refractivity contribution in [2.45, 2.75) is 0 Å². The Balaban J connectivity index is 2.37. The van der Waals surface area contributed by atoms with Gasteiger partial charge in [0.2, 0.25) is 0 Å². The smallest absolute Gasteiger partial charge is 0.261 e. The van der Waals surface area contributed by atoms with Gasteiger partial charge < -0.3 is 10.1 Å². The van der Waals surface area contributed by atoms with Gasteiger partial charge in [0.1, 0.15) is 22.9 Å². The second kappa shape index (κ2) is 6.53. The minimum Gasteiger partial charge on any atom is -0.495 e. The number of amides is 1. The van der Waals surface area contributed by atoms with E-state index in [-0.39, 0.29) is 4.47 Å². The molecule has 2 rings (SSSR count). The van der Waals surface area contributed by atoms with Crippen LogP contribution in [-0.4, -0.2) is 13.0 Å². The van der Waals surface area contributed by atoms with E-state index < -0.39 is 23.1 Å². The van der Waals surface area contributed by atoms with Gasteiger partial charge in [0.15, 0.2) is 0 Å². The number of hydrogen-bond donors (Lipinski definition) is 1. The Bertz CT molecular complexity index is 684. The van der Waals surface area contributed by atoms with Crippen molar-refractivity contribution < 1.29 is 18.3 Å². The lowest BCUT2D eigenvalue weighted by molar-refractivity contribution is 0.101. The minimum absolute atomic E-state index is 0.217. The molecule has 0 aliphatic rings. The third kappa shape index (κ3) is 3.59. The van der Waals surface area contributed by atoms with E-state index in [0.29, 0.717) is 15.9 Å². The summed E-state index contributed by atoms with van der Waals surface area (Å²) in [4.78, 5) is 12.1. The van der Waals surface area contributed by atoms with Crippen LogP contribution in [-0.2, 0) is 0 Å². The van der Waals surface area contributed by atoms with E-state index in [2.05, 4.69) is 37.2 Å². The molecule has 0 fully saturated rings. The van der Waals surface area contributed by atoms with Crippen LogP contribution in [0.25, 0.3) is 0 Å². The molecule has 3 nitrogen and oxygen atoms in total. The number of carbonyl (C=O) groups is 1. The molecule has 0 aliphatic heterocycles. The molecule has 1 N–H and O–H groups in total. The van der Waals surface area contributed by atoms with Crippen molar-refractivity contribution in [2.24, 2.45) is 0 Å². The SMILES string of the molecule is COc1ccc(Br)cc1NC(=O)c1c(F)cc(Br)cc1F. The zero-order valence-electron chi connectivity index (χ0n) is 10.7. The molecular weight excluding hydrogens is 412 g/mol. The quantitative estimate of drug-likeness (QED) is 0.777. The Morgan fingerprint density at radius 2 is 1.71 bits per heavy atom. The van der Waals surface area contributed by atoms with Gasteiger partial charge in [-0.3, -0.25) is 4.79 Å². The maximum Gasteiger partial charge on any atom is 0.261 e. The largest absolute Gasteiger partial charge is 0.495 e. The van der Waals surface area contributed by atoms with Gasteiger partial charge in [-0.2, -0.15) is 0 Å². The maximum atomic E-state index is 13.8. The minimum atomic E-state index is -0.951. The van der Waals surface area contributed by atoms with E-state index in [0.717, 1.165) is 12.1 Å². The van der Waals surface area contributed by atoms with Crippen molar-refractivity contribution in [1.29, 1.82) is 0 Å². The van der Waals surface area contributed by atoms with Gasteiger partial charge >= 0.3 is 0 Å². The Morgan fingerprint density at radius 3 is 2.29 bits per heavy atom. The summed E-state index contributed by atoms with van der Waals surface area (Å²) < 4.78 is 33.5. The molecule has 21 heavy (non-hydrogen) atoms. The highest BCUT2D eigenvalue weighted by Crippen LogP contribution is 2.29. The normalized spacial score (nSPS) is 10.3. The molecule has 1 amide bonds. The lowest BCUT2D eigenvalue weighted by Gasteiger charge is -2.11. The first-order valence-electron chi connectivity index (χ1n) is 5.72. The second-order valence-electron chi connectivity index (χ2n) is 4.04. The van der Waals surface area contributed by atoms with Gasteiger partial charge in [0.25, 0.3) is 5.91 Å². The van der Waals surface area contributed by atoms with Crippen molar-refractivity contribution in [2.75, 3.05) is 12.4 Å². The second-order valence-corrected chi connectivity index (χ2v) is 5.87. The average Bonchev–Trinajstić information content (AvgIpc) is 2.37. The first-order valence-corrected chi connectivity index (χ1v) is 7.30. The highest BCUT2D eigenvalue weighted by atomic mass is 79.9. The summed E-state index contributed by atoms with van der Waals surface area (Å²) in [5.41, 5.74) is -0.348. The molecule has 0 atom stereocenters. The summed E-state index contributed by atoms with van der Waals surface area (Å²) in [6.07, 6.45) is 0. The number of rotatable bonds is 3. The molecule has 0 aromatic heterocycles.